The molecule has 0 saturated heterocycles. The fourth-order valence-electron chi connectivity index (χ4n) is 0. The largest absolute Gasteiger partial charge is 0.481 e. The second-order valence-electron chi connectivity index (χ2n) is 1.46. The lowest BCUT2D eigenvalue weighted by atomic mass is 10.5. The summed E-state index contributed by atoms with van der Waals surface area (Å²) in [4.78, 5) is 18.9. The average molecular weight is 225 g/mol. The van der Waals surface area contributed by atoms with E-state index in [1.165, 1.54) is 0 Å². The fraction of sp³-hybridized carbons (Fsp3) is 0.333. The number of halogens is 1. The molecule has 64 valence electrons. The number of hydrogen-bond acceptors (Lipinski definition) is 2. The monoisotopic (exact) mass is 224 g/mol. The van der Waals surface area contributed by atoms with Gasteiger partial charge in [-0.1, -0.05) is 13.5 Å². The van der Waals surface area contributed by atoms with Crippen molar-refractivity contribution in [2.75, 3.05) is 0 Å². The molecule has 0 amide bonds. The minimum Gasteiger partial charge on any atom is -0.481 e. The van der Waals surface area contributed by atoms with Gasteiger partial charge in [0, 0.05) is 6.42 Å². The molecule has 0 aliphatic carbocycles. The molecule has 0 saturated carbocycles. The molecule has 0 aromatic heterocycles. The van der Waals surface area contributed by atoms with Crippen LogP contribution >= 0.6 is 15.9 Å². The summed E-state index contributed by atoms with van der Waals surface area (Å²) in [5.41, 5.74) is 0. The van der Waals surface area contributed by atoms with E-state index in [0.29, 0.717) is 0 Å². The summed E-state index contributed by atoms with van der Waals surface area (Å²) in [5, 5.41) is 15.6. The highest BCUT2D eigenvalue weighted by atomic mass is 79.9. The Morgan fingerprint density at radius 2 is 1.64 bits per heavy atom. The van der Waals surface area contributed by atoms with Gasteiger partial charge in [-0.15, -0.1) is 0 Å². The third-order valence-corrected chi connectivity index (χ3v) is 0.874. The lowest BCUT2D eigenvalue weighted by Crippen LogP contribution is -1.89. The van der Waals surface area contributed by atoms with Crippen LogP contribution in [-0.2, 0) is 9.59 Å². The van der Waals surface area contributed by atoms with Gasteiger partial charge in [0.2, 0.25) is 0 Å². The summed E-state index contributed by atoms with van der Waals surface area (Å²) < 4.78 is -0.0116. The van der Waals surface area contributed by atoms with E-state index in [-0.39, 0.29) is 10.9 Å². The Hall–Kier alpha value is -0.840. The highest BCUT2D eigenvalue weighted by Crippen LogP contribution is 1.97. The van der Waals surface area contributed by atoms with Crippen LogP contribution < -0.4 is 0 Å². The number of carbonyl (C=O) groups is 2. The van der Waals surface area contributed by atoms with E-state index in [9.17, 15) is 9.59 Å². The predicted molar refractivity (Wildman–Crippen MR) is 43.6 cm³/mol. The molecule has 0 aromatic rings. The van der Waals surface area contributed by atoms with E-state index in [1.54, 1.807) is 6.92 Å². The van der Waals surface area contributed by atoms with Crippen LogP contribution in [0.2, 0.25) is 0 Å². The highest BCUT2D eigenvalue weighted by molar-refractivity contribution is 9.12. The van der Waals surface area contributed by atoms with Crippen molar-refractivity contribution in [3.8, 4) is 0 Å². The average Bonchev–Trinajstić information content (AvgIpc) is 1.89. The molecule has 4 nitrogen and oxygen atoms in total. The van der Waals surface area contributed by atoms with Gasteiger partial charge in [-0.2, -0.15) is 0 Å². The lowest BCUT2D eigenvalue weighted by molar-refractivity contribution is -0.136. The maximum atomic E-state index is 9.55. The van der Waals surface area contributed by atoms with Crippen LogP contribution in [0.3, 0.4) is 0 Å². The first-order chi connectivity index (χ1) is 4.91. The van der Waals surface area contributed by atoms with Gasteiger partial charge in [0.05, 0.1) is 4.48 Å². The van der Waals surface area contributed by atoms with Crippen molar-refractivity contribution in [3.63, 3.8) is 0 Å². The van der Waals surface area contributed by atoms with Crippen LogP contribution in [0.5, 0.6) is 0 Å². The van der Waals surface area contributed by atoms with E-state index < -0.39 is 11.9 Å². The topological polar surface area (TPSA) is 74.6 Å². The minimum absolute atomic E-state index is 0.0116. The normalized spacial score (nSPS) is 7.45. The Labute approximate surface area is 72.7 Å². The van der Waals surface area contributed by atoms with Crippen molar-refractivity contribution in [3.05, 3.63) is 11.1 Å². The summed E-state index contributed by atoms with van der Waals surface area (Å²) in [5.74, 6) is -1.76. The predicted octanol–water partition coefficient (Wildman–Crippen LogP) is 1.46. The van der Waals surface area contributed by atoms with Crippen LogP contribution in [0.15, 0.2) is 11.1 Å². The molecule has 0 rings (SSSR count). The first-order valence-corrected chi connectivity index (χ1v) is 3.50. The van der Waals surface area contributed by atoms with Gasteiger partial charge in [0.1, 0.15) is 0 Å². The molecule has 0 spiro atoms. The Bertz CT molecular complexity index is 152. The summed E-state index contributed by atoms with van der Waals surface area (Å²) in [6.07, 6.45) is 0.222. The van der Waals surface area contributed by atoms with Crippen molar-refractivity contribution < 1.29 is 19.8 Å². The van der Waals surface area contributed by atoms with E-state index in [2.05, 4.69) is 22.5 Å². The van der Waals surface area contributed by atoms with Gasteiger partial charge in [0.25, 0.3) is 0 Å². The number of carboxylic acid groups (broad SMARTS) is 2. The van der Waals surface area contributed by atoms with Crippen LogP contribution in [0, 0.1) is 0 Å². The zero-order valence-corrected chi connectivity index (χ0v) is 7.59. The van der Waals surface area contributed by atoms with Crippen LogP contribution in [0.25, 0.3) is 0 Å². The molecule has 0 atom stereocenters. The third kappa shape index (κ3) is 17.6. The van der Waals surface area contributed by atoms with Crippen molar-refractivity contribution in [2.24, 2.45) is 0 Å². The molecular formula is C6H9BrO4. The summed E-state index contributed by atoms with van der Waals surface area (Å²) in [7, 11) is 0. The molecule has 0 radical (unpaired) electrons. The number of carboxylic acids is 2. The van der Waals surface area contributed by atoms with Gasteiger partial charge >= 0.3 is 11.9 Å². The quantitative estimate of drug-likeness (QED) is 0.697. The number of hydrogen-bond donors (Lipinski definition) is 2. The standard InChI is InChI=1S/C3H3BrO2.C3H6O2/c1-2(4)3(5)6;1-2-3(4)5/h1H2,(H,5,6);2H2,1H3,(H,4,5). The number of aliphatic carboxylic acids is 2. The van der Waals surface area contributed by atoms with Gasteiger partial charge in [0.15, 0.2) is 0 Å². The van der Waals surface area contributed by atoms with E-state index >= 15 is 0 Å². The van der Waals surface area contributed by atoms with Gasteiger partial charge in [-0.25, -0.2) is 4.79 Å². The molecule has 0 aromatic carbocycles. The summed E-state index contributed by atoms with van der Waals surface area (Å²) >= 11 is 2.64. The molecule has 0 aliphatic heterocycles. The Morgan fingerprint density at radius 1 is 1.45 bits per heavy atom. The summed E-state index contributed by atoms with van der Waals surface area (Å²) in [6, 6.07) is 0. The van der Waals surface area contributed by atoms with Crippen LogP contribution in [0.4, 0.5) is 0 Å². The number of rotatable bonds is 2. The summed E-state index contributed by atoms with van der Waals surface area (Å²) in [6.45, 7) is 4.67. The molecule has 5 heteroatoms. The maximum Gasteiger partial charge on any atom is 0.342 e. The van der Waals surface area contributed by atoms with Crippen molar-refractivity contribution in [1.82, 2.24) is 0 Å². The van der Waals surface area contributed by atoms with E-state index in [1.807, 2.05) is 0 Å². The Kier molecular flexibility index (Phi) is 8.46. The molecule has 0 bridgehead atoms. The van der Waals surface area contributed by atoms with Gasteiger partial charge in [-0.3, -0.25) is 4.79 Å². The van der Waals surface area contributed by atoms with Gasteiger partial charge in [-0.05, 0) is 15.9 Å². The maximum absolute atomic E-state index is 9.55. The SMILES string of the molecule is C=C(Br)C(=O)O.CCC(=O)O. The van der Waals surface area contributed by atoms with E-state index in [0.717, 1.165) is 0 Å². The van der Waals surface area contributed by atoms with E-state index in [4.69, 9.17) is 10.2 Å². The molecule has 0 aliphatic rings. The molecule has 2 N–H and O–H groups in total. The molecule has 0 unspecified atom stereocenters. The highest BCUT2D eigenvalue weighted by Gasteiger charge is 1.93. The second kappa shape index (κ2) is 7.27. The zero-order chi connectivity index (χ0) is 9.44. The lowest BCUT2D eigenvalue weighted by Gasteiger charge is -1.77. The molecule has 0 fully saturated rings. The zero-order valence-electron chi connectivity index (χ0n) is 6.00. The van der Waals surface area contributed by atoms with Crippen molar-refractivity contribution in [1.29, 1.82) is 0 Å². The second-order valence-corrected chi connectivity index (χ2v) is 2.41. The third-order valence-electron chi connectivity index (χ3n) is 0.535. The fourth-order valence-corrected chi connectivity index (χ4v) is 0. The molecule has 0 heterocycles. The molecular weight excluding hydrogens is 216 g/mol. The van der Waals surface area contributed by atoms with Crippen molar-refractivity contribution in [2.45, 2.75) is 13.3 Å². The Morgan fingerprint density at radius 3 is 1.64 bits per heavy atom. The Balaban J connectivity index is 0. The smallest absolute Gasteiger partial charge is 0.342 e. The van der Waals surface area contributed by atoms with Crippen LogP contribution in [-0.4, -0.2) is 22.2 Å². The van der Waals surface area contributed by atoms with Crippen LogP contribution in [0.1, 0.15) is 13.3 Å². The minimum atomic E-state index is -1.02. The first-order valence-electron chi connectivity index (χ1n) is 2.71. The van der Waals surface area contributed by atoms with Gasteiger partial charge < -0.3 is 10.2 Å². The molecule has 11 heavy (non-hydrogen) atoms. The first kappa shape index (κ1) is 12.8. The van der Waals surface area contributed by atoms with Crippen molar-refractivity contribution >= 4 is 27.9 Å².